The number of thiazole rings is 1. The zero-order valence-electron chi connectivity index (χ0n) is 16.6. The van der Waals surface area contributed by atoms with Gasteiger partial charge in [-0.2, -0.15) is 0 Å². The molecule has 0 bridgehead atoms. The Balaban J connectivity index is 1.77. The predicted molar refractivity (Wildman–Crippen MR) is 116 cm³/mol. The molecule has 158 valence electrons. The molecule has 1 aromatic heterocycles. The third-order valence-corrected chi connectivity index (χ3v) is 6.49. The van der Waals surface area contributed by atoms with Gasteiger partial charge in [0.15, 0.2) is 5.13 Å². The lowest BCUT2D eigenvalue weighted by Crippen LogP contribution is -2.23. The Bertz CT molecular complexity index is 1140. The van der Waals surface area contributed by atoms with Crippen molar-refractivity contribution in [3.63, 3.8) is 0 Å². The molecule has 0 unspecified atom stereocenters. The van der Waals surface area contributed by atoms with Crippen molar-refractivity contribution in [3.05, 3.63) is 53.4 Å². The molecule has 10 heteroatoms. The average molecular weight is 448 g/mol. The van der Waals surface area contributed by atoms with Crippen molar-refractivity contribution in [2.75, 3.05) is 26.1 Å². The molecule has 0 aliphatic carbocycles. The number of carbonyl (C=O) groups excluding carboxylic acids is 1. The second-order valence-electron chi connectivity index (χ2n) is 6.08. The van der Waals surface area contributed by atoms with Gasteiger partial charge < -0.3 is 9.47 Å². The van der Waals surface area contributed by atoms with Gasteiger partial charge in [-0.3, -0.25) is 10.1 Å². The number of hydrogen-bond donors (Lipinski definition) is 2. The maximum absolute atomic E-state index is 12.5. The zero-order chi connectivity index (χ0) is 21.7. The molecule has 30 heavy (non-hydrogen) atoms. The quantitative estimate of drug-likeness (QED) is 0.548. The summed E-state index contributed by atoms with van der Waals surface area (Å²) in [5.41, 5.74) is 1.70. The molecule has 0 saturated heterocycles. The Labute approximate surface area is 178 Å². The van der Waals surface area contributed by atoms with Gasteiger partial charge in [-0.1, -0.05) is 6.92 Å². The predicted octanol–water partition coefficient (Wildman–Crippen LogP) is 3.38. The number of methoxy groups -OCH3 is 2. The van der Waals surface area contributed by atoms with Gasteiger partial charge in [0.05, 0.1) is 24.8 Å². The number of sulfonamides is 1. The van der Waals surface area contributed by atoms with Crippen LogP contribution in [0, 0.1) is 0 Å². The molecule has 2 N–H and O–H groups in total. The molecule has 2 aromatic carbocycles. The Morgan fingerprint density at radius 1 is 1.10 bits per heavy atom. The van der Waals surface area contributed by atoms with Crippen molar-refractivity contribution < 1.29 is 22.7 Å². The summed E-state index contributed by atoms with van der Waals surface area (Å²) in [7, 11) is -0.419. The maximum atomic E-state index is 12.5. The van der Waals surface area contributed by atoms with Crippen LogP contribution in [0.1, 0.15) is 17.3 Å². The largest absolute Gasteiger partial charge is 0.497 e. The van der Waals surface area contributed by atoms with E-state index in [2.05, 4.69) is 15.0 Å². The van der Waals surface area contributed by atoms with Gasteiger partial charge in [0.2, 0.25) is 10.0 Å². The number of rotatable bonds is 8. The molecular weight excluding hydrogens is 426 g/mol. The third-order valence-electron chi connectivity index (χ3n) is 4.17. The number of nitrogens with zero attached hydrogens (tertiary/aromatic N) is 1. The SMILES string of the molecule is CCNS(=O)(=O)c1ccc(C(=O)Nc2nc(-c3cc(OC)ccc3OC)cs2)cc1. The molecule has 0 radical (unpaired) electrons. The van der Waals surface area contributed by atoms with E-state index in [4.69, 9.17) is 9.47 Å². The molecule has 0 aliphatic rings. The number of nitrogens with one attached hydrogen (secondary N) is 2. The molecular formula is C20H21N3O5S2. The summed E-state index contributed by atoms with van der Waals surface area (Å²) in [5.74, 6) is 0.911. The van der Waals surface area contributed by atoms with E-state index in [0.717, 1.165) is 5.56 Å². The second kappa shape index (κ2) is 9.24. The van der Waals surface area contributed by atoms with Crippen molar-refractivity contribution in [1.82, 2.24) is 9.71 Å². The molecule has 0 saturated carbocycles. The van der Waals surface area contributed by atoms with E-state index in [1.165, 1.54) is 35.6 Å². The highest BCUT2D eigenvalue weighted by Crippen LogP contribution is 2.35. The number of benzene rings is 2. The fourth-order valence-corrected chi connectivity index (χ4v) is 4.44. The van der Waals surface area contributed by atoms with Gasteiger partial charge in [-0.25, -0.2) is 18.1 Å². The van der Waals surface area contributed by atoms with Crippen LogP contribution in [0.4, 0.5) is 5.13 Å². The van der Waals surface area contributed by atoms with Crippen LogP contribution in [0.25, 0.3) is 11.3 Å². The van der Waals surface area contributed by atoms with E-state index in [1.54, 1.807) is 38.7 Å². The number of ether oxygens (including phenoxy) is 2. The molecule has 1 amide bonds. The lowest BCUT2D eigenvalue weighted by molar-refractivity contribution is 0.102. The lowest BCUT2D eigenvalue weighted by Gasteiger charge is -2.08. The minimum absolute atomic E-state index is 0.0996. The van der Waals surface area contributed by atoms with Crippen molar-refractivity contribution in [2.24, 2.45) is 0 Å². The van der Waals surface area contributed by atoms with Crippen LogP contribution in [-0.4, -0.2) is 40.1 Å². The summed E-state index contributed by atoms with van der Waals surface area (Å²) in [6, 6.07) is 11.1. The minimum Gasteiger partial charge on any atom is -0.497 e. The van der Waals surface area contributed by atoms with E-state index in [-0.39, 0.29) is 17.3 Å². The number of anilines is 1. The highest BCUT2D eigenvalue weighted by molar-refractivity contribution is 7.89. The van der Waals surface area contributed by atoms with Crippen molar-refractivity contribution >= 4 is 32.4 Å². The molecule has 1 heterocycles. The molecule has 0 aliphatic heterocycles. The van der Waals surface area contributed by atoms with E-state index in [0.29, 0.717) is 27.9 Å². The topological polar surface area (TPSA) is 107 Å². The molecule has 0 spiro atoms. The summed E-state index contributed by atoms with van der Waals surface area (Å²) in [5, 5.41) is 4.94. The highest BCUT2D eigenvalue weighted by atomic mass is 32.2. The monoisotopic (exact) mass is 447 g/mol. The van der Waals surface area contributed by atoms with Gasteiger partial charge >= 0.3 is 0 Å². The fraction of sp³-hybridized carbons (Fsp3) is 0.200. The summed E-state index contributed by atoms with van der Waals surface area (Å²) < 4.78 is 37.0. The molecule has 0 atom stereocenters. The molecule has 3 aromatic rings. The van der Waals surface area contributed by atoms with Crippen LogP contribution in [0.3, 0.4) is 0 Å². The van der Waals surface area contributed by atoms with Crippen molar-refractivity contribution in [1.29, 1.82) is 0 Å². The van der Waals surface area contributed by atoms with Crippen LogP contribution in [0.5, 0.6) is 11.5 Å². The Morgan fingerprint density at radius 2 is 1.83 bits per heavy atom. The molecule has 3 rings (SSSR count). The second-order valence-corrected chi connectivity index (χ2v) is 8.71. The number of aromatic nitrogens is 1. The van der Waals surface area contributed by atoms with Gasteiger partial charge in [0.25, 0.3) is 5.91 Å². The molecule has 8 nitrogen and oxygen atoms in total. The zero-order valence-corrected chi connectivity index (χ0v) is 18.3. The van der Waals surface area contributed by atoms with Gasteiger partial charge in [0.1, 0.15) is 11.5 Å². The number of amides is 1. The smallest absolute Gasteiger partial charge is 0.257 e. The van der Waals surface area contributed by atoms with Crippen molar-refractivity contribution in [2.45, 2.75) is 11.8 Å². The summed E-state index contributed by atoms with van der Waals surface area (Å²) in [4.78, 5) is 17.1. The first-order valence-corrected chi connectivity index (χ1v) is 11.3. The van der Waals surface area contributed by atoms with E-state index >= 15 is 0 Å². The standard InChI is InChI=1S/C20H21N3O5S2/c1-4-21-30(25,26)15-8-5-13(6-9-15)19(24)23-20-22-17(12-29-20)16-11-14(27-2)7-10-18(16)28-3/h5-12,21H,4H2,1-3H3,(H,22,23,24). The fourth-order valence-electron chi connectivity index (χ4n) is 2.70. The van der Waals surface area contributed by atoms with Crippen LogP contribution in [0.2, 0.25) is 0 Å². The third kappa shape index (κ3) is 4.78. The summed E-state index contributed by atoms with van der Waals surface area (Å²) in [6.45, 7) is 1.98. The first-order chi connectivity index (χ1) is 14.4. The van der Waals surface area contributed by atoms with Crippen LogP contribution < -0.4 is 19.5 Å². The van der Waals surface area contributed by atoms with Crippen LogP contribution in [-0.2, 0) is 10.0 Å². The van der Waals surface area contributed by atoms with Crippen LogP contribution in [0.15, 0.2) is 52.7 Å². The van der Waals surface area contributed by atoms with E-state index in [1.807, 2.05) is 6.07 Å². The van der Waals surface area contributed by atoms with Crippen LogP contribution >= 0.6 is 11.3 Å². The van der Waals surface area contributed by atoms with E-state index < -0.39 is 10.0 Å². The Hall–Kier alpha value is -2.95. The van der Waals surface area contributed by atoms with E-state index in [9.17, 15) is 13.2 Å². The summed E-state index contributed by atoms with van der Waals surface area (Å²) >= 11 is 1.27. The Morgan fingerprint density at radius 3 is 2.47 bits per heavy atom. The summed E-state index contributed by atoms with van der Waals surface area (Å²) in [6.07, 6.45) is 0. The van der Waals surface area contributed by atoms with Gasteiger partial charge in [0, 0.05) is 23.1 Å². The highest BCUT2D eigenvalue weighted by Gasteiger charge is 2.16. The number of hydrogen-bond acceptors (Lipinski definition) is 7. The van der Waals surface area contributed by atoms with Crippen molar-refractivity contribution in [3.8, 4) is 22.8 Å². The average Bonchev–Trinajstić information content (AvgIpc) is 3.21. The normalized spacial score (nSPS) is 11.2. The molecule has 0 fully saturated rings. The Kier molecular flexibility index (Phi) is 6.70. The van der Waals surface area contributed by atoms with Gasteiger partial charge in [-0.15, -0.1) is 11.3 Å². The first-order valence-electron chi connectivity index (χ1n) is 8.97. The first kappa shape index (κ1) is 21.8. The van der Waals surface area contributed by atoms with Gasteiger partial charge in [-0.05, 0) is 42.5 Å². The lowest BCUT2D eigenvalue weighted by atomic mass is 10.1. The number of carbonyl (C=O) groups is 1. The maximum Gasteiger partial charge on any atom is 0.257 e. The minimum atomic E-state index is -3.57.